The second-order valence-corrected chi connectivity index (χ2v) is 6.35. The Balaban J connectivity index is 1.68. The van der Waals surface area contributed by atoms with Crippen molar-refractivity contribution in [1.29, 1.82) is 0 Å². The van der Waals surface area contributed by atoms with Crippen molar-refractivity contribution in [2.45, 2.75) is 32.1 Å². The number of hydrogen-bond acceptors (Lipinski definition) is 5. The third kappa shape index (κ3) is 4.12. The lowest BCUT2D eigenvalue weighted by Gasteiger charge is -2.33. The van der Waals surface area contributed by atoms with Crippen molar-refractivity contribution in [2.24, 2.45) is 0 Å². The smallest absolute Gasteiger partial charge is 0.226 e. The highest BCUT2D eigenvalue weighted by Crippen LogP contribution is 2.27. The third-order valence-corrected chi connectivity index (χ3v) is 4.73. The molecule has 0 bridgehead atoms. The number of aromatic nitrogens is 2. The summed E-state index contributed by atoms with van der Waals surface area (Å²) in [7, 11) is 0. The second-order valence-electron chi connectivity index (χ2n) is 6.35. The van der Waals surface area contributed by atoms with E-state index in [9.17, 15) is 4.79 Å². The van der Waals surface area contributed by atoms with E-state index < -0.39 is 0 Å². The zero-order valence-corrected chi connectivity index (χ0v) is 14.4. The number of hydrogen-bond donors (Lipinski definition) is 0. The summed E-state index contributed by atoms with van der Waals surface area (Å²) in [4.78, 5) is 25.4. The molecule has 2 saturated heterocycles. The van der Waals surface area contributed by atoms with Crippen LogP contribution in [0.1, 0.15) is 37.8 Å². The first-order valence-corrected chi connectivity index (χ1v) is 8.81. The maximum atomic E-state index is 12.3. The number of allylic oxidation sites excluding steroid dienone is 1. The molecule has 0 aromatic carbocycles. The number of ether oxygens (including phenoxy) is 1. The molecule has 3 heterocycles. The minimum Gasteiger partial charge on any atom is -0.378 e. The van der Waals surface area contributed by atoms with Crippen molar-refractivity contribution in [3.63, 3.8) is 0 Å². The molecule has 130 valence electrons. The Morgan fingerprint density at radius 2 is 2.17 bits per heavy atom. The van der Waals surface area contributed by atoms with Crippen LogP contribution < -0.4 is 4.90 Å². The van der Waals surface area contributed by atoms with Gasteiger partial charge in [-0.1, -0.05) is 12.2 Å². The van der Waals surface area contributed by atoms with E-state index in [-0.39, 0.29) is 5.91 Å². The van der Waals surface area contributed by atoms with Gasteiger partial charge >= 0.3 is 0 Å². The average molecular weight is 330 g/mol. The van der Waals surface area contributed by atoms with Crippen LogP contribution in [0.4, 0.5) is 5.82 Å². The van der Waals surface area contributed by atoms with Gasteiger partial charge < -0.3 is 14.5 Å². The van der Waals surface area contributed by atoms with Crippen LogP contribution in [0.3, 0.4) is 0 Å². The molecule has 0 aliphatic carbocycles. The molecule has 0 radical (unpaired) electrons. The second kappa shape index (κ2) is 8.24. The van der Waals surface area contributed by atoms with Gasteiger partial charge in [-0.15, -0.1) is 0 Å². The maximum Gasteiger partial charge on any atom is 0.226 e. The fourth-order valence-electron chi connectivity index (χ4n) is 3.34. The lowest BCUT2D eigenvalue weighted by molar-refractivity contribution is -0.131. The summed E-state index contributed by atoms with van der Waals surface area (Å²) < 4.78 is 5.41. The summed E-state index contributed by atoms with van der Waals surface area (Å²) in [5.74, 6) is 1.48. The highest BCUT2D eigenvalue weighted by molar-refractivity contribution is 5.77. The summed E-state index contributed by atoms with van der Waals surface area (Å²) in [6.45, 7) is 6.79. The van der Waals surface area contributed by atoms with Crippen molar-refractivity contribution < 1.29 is 9.53 Å². The molecular formula is C18H26N4O2. The van der Waals surface area contributed by atoms with Crippen molar-refractivity contribution in [2.75, 3.05) is 44.3 Å². The lowest BCUT2D eigenvalue weighted by Crippen LogP contribution is -2.39. The number of carbonyl (C=O) groups excluding carboxylic acids is 1. The highest BCUT2D eigenvalue weighted by atomic mass is 16.5. The highest BCUT2D eigenvalue weighted by Gasteiger charge is 2.25. The van der Waals surface area contributed by atoms with E-state index in [4.69, 9.17) is 4.74 Å². The van der Waals surface area contributed by atoms with Crippen LogP contribution in [0.25, 0.3) is 0 Å². The van der Waals surface area contributed by atoms with Crippen LogP contribution in [-0.4, -0.2) is 60.2 Å². The summed E-state index contributed by atoms with van der Waals surface area (Å²) in [5.41, 5.74) is 1.05. The zero-order chi connectivity index (χ0) is 16.8. The molecule has 0 spiro atoms. The van der Waals surface area contributed by atoms with Gasteiger partial charge in [-0.3, -0.25) is 4.79 Å². The molecule has 2 aliphatic rings. The Kier molecular flexibility index (Phi) is 5.80. The SMILES string of the molecule is C/C=C/CC(=O)N1CCC[C@H](c2cc(N3CCOCC3)ncn2)C1. The van der Waals surface area contributed by atoms with Gasteiger partial charge in [0.05, 0.1) is 18.9 Å². The van der Waals surface area contributed by atoms with Gasteiger partial charge in [0.15, 0.2) is 0 Å². The molecule has 3 rings (SSSR count). The van der Waals surface area contributed by atoms with Crippen LogP contribution in [0.15, 0.2) is 24.5 Å². The summed E-state index contributed by atoms with van der Waals surface area (Å²) in [5, 5.41) is 0. The molecule has 2 aliphatic heterocycles. The summed E-state index contributed by atoms with van der Waals surface area (Å²) in [6, 6.07) is 2.09. The first-order valence-electron chi connectivity index (χ1n) is 8.81. The van der Waals surface area contributed by atoms with Gasteiger partial charge in [-0.25, -0.2) is 9.97 Å². The van der Waals surface area contributed by atoms with E-state index >= 15 is 0 Å². The Bertz CT molecular complexity index is 584. The zero-order valence-electron chi connectivity index (χ0n) is 14.4. The molecule has 0 saturated carbocycles. The number of anilines is 1. The minimum atomic E-state index is 0.209. The molecule has 0 N–H and O–H groups in total. The van der Waals surface area contributed by atoms with Gasteiger partial charge in [0.2, 0.25) is 5.91 Å². The first-order chi connectivity index (χ1) is 11.8. The molecule has 1 amide bonds. The predicted molar refractivity (Wildman–Crippen MR) is 93.1 cm³/mol. The summed E-state index contributed by atoms with van der Waals surface area (Å²) >= 11 is 0. The minimum absolute atomic E-state index is 0.209. The topological polar surface area (TPSA) is 58.6 Å². The van der Waals surface area contributed by atoms with Gasteiger partial charge in [0.25, 0.3) is 0 Å². The van der Waals surface area contributed by atoms with Crippen LogP contribution in [0, 0.1) is 0 Å². The summed E-state index contributed by atoms with van der Waals surface area (Å²) in [6.07, 6.45) is 8.11. The molecule has 24 heavy (non-hydrogen) atoms. The molecule has 6 nitrogen and oxygen atoms in total. The molecule has 1 atom stereocenters. The number of nitrogens with zero attached hydrogens (tertiary/aromatic N) is 4. The number of piperidine rings is 1. The van der Waals surface area contributed by atoms with Gasteiger partial charge in [0, 0.05) is 44.6 Å². The van der Waals surface area contributed by atoms with E-state index in [1.807, 2.05) is 24.0 Å². The van der Waals surface area contributed by atoms with E-state index in [0.717, 1.165) is 63.7 Å². The lowest BCUT2D eigenvalue weighted by atomic mass is 9.94. The molecule has 1 aromatic rings. The quantitative estimate of drug-likeness (QED) is 0.790. The Morgan fingerprint density at radius 3 is 2.96 bits per heavy atom. The fraction of sp³-hybridized carbons (Fsp3) is 0.611. The van der Waals surface area contributed by atoms with Crippen LogP contribution in [-0.2, 0) is 9.53 Å². The monoisotopic (exact) mass is 330 g/mol. The fourth-order valence-corrected chi connectivity index (χ4v) is 3.34. The number of morpholine rings is 1. The number of likely N-dealkylation sites (tertiary alicyclic amines) is 1. The molecule has 6 heteroatoms. The molecule has 0 unspecified atom stereocenters. The van der Waals surface area contributed by atoms with Crippen LogP contribution in [0.2, 0.25) is 0 Å². The average Bonchev–Trinajstić information content (AvgIpc) is 2.67. The van der Waals surface area contributed by atoms with E-state index in [2.05, 4.69) is 20.9 Å². The Morgan fingerprint density at radius 1 is 1.33 bits per heavy atom. The molecule has 1 aromatic heterocycles. The van der Waals surface area contributed by atoms with Gasteiger partial charge in [0.1, 0.15) is 12.1 Å². The predicted octanol–water partition coefficient (Wildman–Crippen LogP) is 1.99. The van der Waals surface area contributed by atoms with Gasteiger partial charge in [-0.2, -0.15) is 0 Å². The number of carbonyl (C=O) groups is 1. The maximum absolute atomic E-state index is 12.3. The van der Waals surface area contributed by atoms with Gasteiger partial charge in [-0.05, 0) is 19.8 Å². The van der Waals surface area contributed by atoms with E-state index in [0.29, 0.717) is 12.3 Å². The first kappa shape index (κ1) is 16.9. The van der Waals surface area contributed by atoms with Crippen molar-refractivity contribution in [1.82, 2.24) is 14.9 Å². The standard InChI is InChI=1S/C18H26N4O2/c1-2-3-6-18(23)22-7-4-5-15(13-22)16-12-17(20-14-19-16)21-8-10-24-11-9-21/h2-3,12,14-15H,4-11,13H2,1H3/b3-2+/t15-/m0/s1. The number of amides is 1. The normalized spacial score (nSPS) is 22.1. The third-order valence-electron chi connectivity index (χ3n) is 4.73. The molecule has 2 fully saturated rings. The van der Waals surface area contributed by atoms with Crippen molar-refractivity contribution in [3.05, 3.63) is 30.2 Å². The van der Waals surface area contributed by atoms with E-state index in [1.165, 1.54) is 0 Å². The largest absolute Gasteiger partial charge is 0.378 e. The van der Waals surface area contributed by atoms with Crippen LogP contribution >= 0.6 is 0 Å². The Hall–Kier alpha value is -1.95. The number of rotatable bonds is 4. The Labute approximate surface area is 143 Å². The molecular weight excluding hydrogens is 304 g/mol. The van der Waals surface area contributed by atoms with Crippen molar-refractivity contribution in [3.8, 4) is 0 Å². The van der Waals surface area contributed by atoms with Crippen molar-refractivity contribution >= 4 is 11.7 Å². The van der Waals surface area contributed by atoms with Crippen LogP contribution in [0.5, 0.6) is 0 Å². The van der Waals surface area contributed by atoms with E-state index in [1.54, 1.807) is 6.33 Å².